The van der Waals surface area contributed by atoms with Crippen LogP contribution >= 0.6 is 0 Å². The first-order valence-electron chi connectivity index (χ1n) is 5.49. The molecule has 0 unspecified atom stereocenters. The summed E-state index contributed by atoms with van der Waals surface area (Å²) in [5.41, 5.74) is 0.772. The van der Waals surface area contributed by atoms with Crippen LogP contribution in [0.1, 0.15) is 29.8 Å². The van der Waals surface area contributed by atoms with Crippen molar-refractivity contribution < 1.29 is 14.0 Å². The number of carbonyl (C=O) groups excluding carboxylic acids is 2. The van der Waals surface area contributed by atoms with Crippen LogP contribution in [0.3, 0.4) is 0 Å². The Morgan fingerprint density at radius 2 is 2.00 bits per heavy atom. The van der Waals surface area contributed by atoms with Crippen LogP contribution in [0.2, 0.25) is 0 Å². The predicted octanol–water partition coefficient (Wildman–Crippen LogP) is 2.09. The largest absolute Gasteiger partial charge is 0.345 e. The van der Waals surface area contributed by atoms with Crippen molar-refractivity contribution in [2.45, 2.75) is 20.8 Å². The summed E-state index contributed by atoms with van der Waals surface area (Å²) in [6, 6.07) is 4.30. The highest BCUT2D eigenvalue weighted by Crippen LogP contribution is 2.09. The summed E-state index contributed by atoms with van der Waals surface area (Å²) < 4.78 is 13.4. The van der Waals surface area contributed by atoms with Gasteiger partial charge >= 0.3 is 0 Å². The van der Waals surface area contributed by atoms with Crippen molar-refractivity contribution in [1.29, 1.82) is 0 Å². The number of Topliss-reactive ketones (excluding diaryl/α,β-unsaturated/α-hetero) is 1. The van der Waals surface area contributed by atoms with E-state index in [1.165, 1.54) is 12.1 Å². The van der Waals surface area contributed by atoms with E-state index in [0.717, 1.165) is 5.56 Å². The van der Waals surface area contributed by atoms with Gasteiger partial charge in [-0.2, -0.15) is 0 Å². The first kappa shape index (κ1) is 13.4. The van der Waals surface area contributed by atoms with E-state index in [4.69, 9.17) is 0 Å². The van der Waals surface area contributed by atoms with Gasteiger partial charge < -0.3 is 5.32 Å². The van der Waals surface area contributed by atoms with E-state index >= 15 is 0 Å². The van der Waals surface area contributed by atoms with E-state index in [1.54, 1.807) is 26.8 Å². The number of hydrogen-bond acceptors (Lipinski definition) is 2. The minimum absolute atomic E-state index is 0.0263. The van der Waals surface area contributed by atoms with Crippen LogP contribution in [0, 0.1) is 18.7 Å². The number of aryl methyl sites for hydroxylation is 1. The van der Waals surface area contributed by atoms with E-state index in [2.05, 4.69) is 5.32 Å². The number of carbonyl (C=O) groups is 2. The number of halogens is 1. The minimum Gasteiger partial charge on any atom is -0.345 e. The number of hydrogen-bond donors (Lipinski definition) is 1. The fourth-order valence-corrected chi connectivity index (χ4v) is 1.28. The fraction of sp³-hybridized carbons (Fsp3) is 0.385. The smallest absolute Gasteiger partial charge is 0.254 e. The quantitative estimate of drug-likeness (QED) is 0.871. The van der Waals surface area contributed by atoms with Crippen LogP contribution in [0.15, 0.2) is 18.2 Å². The highest BCUT2D eigenvalue weighted by atomic mass is 19.1. The van der Waals surface area contributed by atoms with Crippen molar-refractivity contribution in [1.82, 2.24) is 5.32 Å². The maximum absolute atomic E-state index is 13.4. The molecule has 1 aromatic rings. The van der Waals surface area contributed by atoms with Crippen molar-refractivity contribution in [3.05, 3.63) is 35.1 Å². The molecule has 0 saturated carbocycles. The van der Waals surface area contributed by atoms with Gasteiger partial charge in [0, 0.05) is 5.92 Å². The first-order valence-corrected chi connectivity index (χ1v) is 5.49. The average molecular weight is 237 g/mol. The van der Waals surface area contributed by atoms with Crippen LogP contribution in [-0.4, -0.2) is 18.2 Å². The van der Waals surface area contributed by atoms with Crippen molar-refractivity contribution in [3.8, 4) is 0 Å². The van der Waals surface area contributed by atoms with Crippen molar-refractivity contribution in [2.75, 3.05) is 6.54 Å². The molecule has 3 nitrogen and oxygen atoms in total. The van der Waals surface area contributed by atoms with Gasteiger partial charge in [0.15, 0.2) is 5.78 Å². The van der Waals surface area contributed by atoms with Gasteiger partial charge in [0.25, 0.3) is 5.91 Å². The molecule has 1 amide bonds. The number of nitrogens with one attached hydrogen (secondary N) is 1. The third-order valence-electron chi connectivity index (χ3n) is 2.43. The van der Waals surface area contributed by atoms with Crippen LogP contribution in [0.4, 0.5) is 4.39 Å². The van der Waals surface area contributed by atoms with Gasteiger partial charge in [-0.15, -0.1) is 0 Å². The molecule has 0 heterocycles. The summed E-state index contributed by atoms with van der Waals surface area (Å²) in [6.45, 7) is 5.21. The molecule has 1 rings (SSSR count). The number of benzene rings is 1. The van der Waals surface area contributed by atoms with Crippen LogP contribution < -0.4 is 5.32 Å². The maximum Gasteiger partial charge on any atom is 0.254 e. The van der Waals surface area contributed by atoms with Gasteiger partial charge in [-0.3, -0.25) is 9.59 Å². The summed E-state index contributed by atoms with van der Waals surface area (Å²) in [6.07, 6.45) is 0. The lowest BCUT2D eigenvalue weighted by Crippen LogP contribution is -2.32. The van der Waals surface area contributed by atoms with Gasteiger partial charge in [0.2, 0.25) is 0 Å². The lowest BCUT2D eigenvalue weighted by molar-refractivity contribution is -0.120. The highest BCUT2D eigenvalue weighted by Gasteiger charge is 2.14. The molecule has 0 aliphatic heterocycles. The van der Waals surface area contributed by atoms with E-state index in [1.807, 2.05) is 0 Å². The average Bonchev–Trinajstić information content (AvgIpc) is 2.28. The Hall–Kier alpha value is -1.71. The lowest BCUT2D eigenvalue weighted by Gasteiger charge is -2.07. The molecule has 0 saturated heterocycles. The van der Waals surface area contributed by atoms with E-state index in [0.29, 0.717) is 0 Å². The molecule has 0 spiro atoms. The lowest BCUT2D eigenvalue weighted by atomic mass is 10.1. The molecular weight excluding hydrogens is 221 g/mol. The molecule has 1 aromatic carbocycles. The molecule has 92 valence electrons. The van der Waals surface area contributed by atoms with E-state index < -0.39 is 11.7 Å². The molecule has 0 aliphatic rings. The van der Waals surface area contributed by atoms with Gasteiger partial charge in [0.1, 0.15) is 5.82 Å². The molecule has 4 heteroatoms. The normalized spacial score (nSPS) is 10.4. The molecule has 0 aliphatic carbocycles. The SMILES string of the molecule is Cc1ccc(F)c(C(=O)NCC(=O)C(C)C)c1. The van der Waals surface area contributed by atoms with E-state index in [-0.39, 0.29) is 23.8 Å². The summed E-state index contributed by atoms with van der Waals surface area (Å²) in [5.74, 6) is -1.35. The fourth-order valence-electron chi connectivity index (χ4n) is 1.28. The zero-order valence-electron chi connectivity index (χ0n) is 10.2. The predicted molar refractivity (Wildman–Crippen MR) is 63.3 cm³/mol. The monoisotopic (exact) mass is 237 g/mol. The Morgan fingerprint density at radius 3 is 2.59 bits per heavy atom. The molecule has 0 aromatic heterocycles. The second-order valence-electron chi connectivity index (χ2n) is 4.29. The number of rotatable bonds is 4. The summed E-state index contributed by atoms with van der Waals surface area (Å²) in [5, 5.41) is 2.42. The van der Waals surface area contributed by atoms with Gasteiger partial charge in [-0.25, -0.2) is 4.39 Å². The first-order chi connectivity index (χ1) is 7.91. The number of amides is 1. The Balaban J connectivity index is 2.70. The third-order valence-corrected chi connectivity index (χ3v) is 2.43. The summed E-state index contributed by atoms with van der Waals surface area (Å²) in [7, 11) is 0. The molecule has 17 heavy (non-hydrogen) atoms. The topological polar surface area (TPSA) is 46.2 Å². The van der Waals surface area contributed by atoms with E-state index in [9.17, 15) is 14.0 Å². The molecule has 1 N–H and O–H groups in total. The second-order valence-corrected chi connectivity index (χ2v) is 4.29. The summed E-state index contributed by atoms with van der Waals surface area (Å²) >= 11 is 0. The molecule has 0 bridgehead atoms. The summed E-state index contributed by atoms with van der Waals surface area (Å²) in [4.78, 5) is 23.0. The second kappa shape index (κ2) is 5.57. The maximum atomic E-state index is 13.4. The Bertz CT molecular complexity index is 441. The van der Waals surface area contributed by atoms with Crippen LogP contribution in [0.25, 0.3) is 0 Å². The molecule has 0 radical (unpaired) electrons. The third kappa shape index (κ3) is 3.66. The van der Waals surface area contributed by atoms with Crippen molar-refractivity contribution in [3.63, 3.8) is 0 Å². The molecule has 0 atom stereocenters. The number of ketones is 1. The Morgan fingerprint density at radius 1 is 1.35 bits per heavy atom. The highest BCUT2D eigenvalue weighted by molar-refractivity contribution is 5.97. The molecular formula is C13H16FNO2. The van der Waals surface area contributed by atoms with Crippen LogP contribution in [-0.2, 0) is 4.79 Å². The van der Waals surface area contributed by atoms with Crippen molar-refractivity contribution >= 4 is 11.7 Å². The zero-order chi connectivity index (χ0) is 13.0. The van der Waals surface area contributed by atoms with Gasteiger partial charge in [-0.1, -0.05) is 25.5 Å². The Kier molecular flexibility index (Phi) is 4.37. The van der Waals surface area contributed by atoms with Gasteiger partial charge in [0.05, 0.1) is 12.1 Å². The zero-order valence-corrected chi connectivity index (χ0v) is 10.2. The van der Waals surface area contributed by atoms with Gasteiger partial charge in [-0.05, 0) is 19.1 Å². The van der Waals surface area contributed by atoms with Crippen molar-refractivity contribution in [2.24, 2.45) is 5.92 Å². The van der Waals surface area contributed by atoms with Crippen LogP contribution in [0.5, 0.6) is 0 Å². The minimum atomic E-state index is -0.579. The standard InChI is InChI=1S/C13H16FNO2/c1-8(2)12(16)7-15-13(17)10-6-9(3)4-5-11(10)14/h4-6,8H,7H2,1-3H3,(H,15,17). The Labute approximate surface area is 100 Å². The molecule has 0 fully saturated rings.